The molecule has 4 rings (SSSR count). The van der Waals surface area contributed by atoms with E-state index in [2.05, 4.69) is 46.4 Å². The molecule has 638 valence electrons. The molecule has 114 heavy (non-hydrogen) atoms. The van der Waals surface area contributed by atoms with Crippen LogP contribution in [0.2, 0.25) is 0 Å². The molecule has 0 atom stereocenters. The van der Waals surface area contributed by atoms with Gasteiger partial charge >= 0.3 is 35.8 Å². The minimum atomic E-state index is -0.743. The van der Waals surface area contributed by atoms with E-state index in [1.165, 1.54) is 184 Å². The fourth-order valence-electron chi connectivity index (χ4n) is 14.0. The lowest BCUT2D eigenvalue weighted by atomic mass is 9.93. The quantitative estimate of drug-likeness (QED) is 0.0134. The van der Waals surface area contributed by atoms with Crippen molar-refractivity contribution in [1.29, 1.82) is 0 Å². The molecule has 0 saturated heterocycles. The average molecular weight is 1580 g/mol. The summed E-state index contributed by atoms with van der Waals surface area (Å²) in [5.74, 6) is -4.87. The number of rotatable bonds is 67. The Labute approximate surface area is 689 Å². The minimum Gasteiger partial charge on any atom is -0.422 e. The molecule has 18 heteroatoms. The monoisotopic (exact) mass is 1580 g/mol. The Morgan fingerprint density at radius 2 is 0.395 bits per heavy atom. The lowest BCUT2D eigenvalue weighted by molar-refractivity contribution is -0.135. The van der Waals surface area contributed by atoms with Gasteiger partial charge in [-0.1, -0.05) is 273 Å². The molecule has 4 aromatic rings. The molecular formula is C96H152N6O12. The van der Waals surface area contributed by atoms with E-state index in [0.717, 1.165) is 155 Å². The third kappa shape index (κ3) is 43.2. The summed E-state index contributed by atoms with van der Waals surface area (Å²) in [6.07, 6.45) is 63.3. The predicted octanol–water partition coefficient (Wildman–Crippen LogP) is 23.6. The predicted molar refractivity (Wildman–Crippen MR) is 472 cm³/mol. The zero-order chi connectivity index (χ0) is 82.8. The summed E-state index contributed by atoms with van der Waals surface area (Å²) in [6, 6.07) is 9.61. The van der Waals surface area contributed by atoms with E-state index >= 15 is 0 Å². The first-order valence-electron chi connectivity index (χ1n) is 44.8. The standard InChI is InChI=1S/C96H152N6O12/c1-13-19-25-31-37-43-49-61-97(7)67-55-91(103)109-85-73-79-80(74-86(85)110-92(104)56-68-98(8)62-50-44-38-32-26-20-14-2)82-76-88(112-94(106)58-70-100(10)64-52-46-40-34-28-22-16-4)90(114-96(108)60-72-102(12)66-54-48-42-36-30-24-18-6)78-84(82)83-77-89(113-95(107)59-71-101(11)65-53-47-41-35-29-23-17-5)87(75-81(79)83)111-93(105)57-69-99(9)63-51-45-39-33-27-21-15-3/h55-59,67-71,73-78H,13-54,60-66,72H2,1-12H3/b67-55+,68-56+,69-57+,70-58+,71-59+. The summed E-state index contributed by atoms with van der Waals surface area (Å²) in [4.78, 5) is 98.1. The van der Waals surface area contributed by atoms with Crippen molar-refractivity contribution in [3.63, 3.8) is 0 Å². The van der Waals surface area contributed by atoms with Gasteiger partial charge in [-0.15, -0.1) is 0 Å². The van der Waals surface area contributed by atoms with Crippen LogP contribution in [0.25, 0.3) is 32.3 Å². The molecule has 0 N–H and O–H groups in total. The fraction of sp³-hybridized carbons (Fsp3) is 0.646. The van der Waals surface area contributed by atoms with Gasteiger partial charge in [0.1, 0.15) is 0 Å². The lowest BCUT2D eigenvalue weighted by Crippen LogP contribution is -2.24. The van der Waals surface area contributed by atoms with Gasteiger partial charge in [-0.05, 0) is 121 Å². The summed E-state index contributed by atoms with van der Waals surface area (Å²) < 4.78 is 37.8. The van der Waals surface area contributed by atoms with Crippen molar-refractivity contribution >= 4 is 68.1 Å². The summed E-state index contributed by atoms with van der Waals surface area (Å²) in [7, 11) is 11.6. The number of nitrogens with zero attached hydrogens (tertiary/aromatic N) is 6. The Morgan fingerprint density at radius 1 is 0.228 bits per heavy atom. The van der Waals surface area contributed by atoms with Crippen LogP contribution in [0.1, 0.15) is 318 Å². The third-order valence-corrected chi connectivity index (χ3v) is 21.1. The Morgan fingerprint density at radius 3 is 0.588 bits per heavy atom. The van der Waals surface area contributed by atoms with Gasteiger partial charge in [-0.2, -0.15) is 0 Å². The highest BCUT2D eigenvalue weighted by molar-refractivity contribution is 6.27. The number of unbranched alkanes of at least 4 members (excludes halogenated alkanes) is 36. The van der Waals surface area contributed by atoms with Crippen LogP contribution in [0, 0.1) is 0 Å². The second-order valence-corrected chi connectivity index (χ2v) is 31.9. The van der Waals surface area contributed by atoms with Crippen LogP contribution in [0.5, 0.6) is 34.5 Å². The first-order valence-corrected chi connectivity index (χ1v) is 44.8. The molecule has 0 unspecified atom stereocenters. The normalized spacial score (nSPS) is 11.8. The second-order valence-electron chi connectivity index (χ2n) is 31.9. The van der Waals surface area contributed by atoms with E-state index in [-0.39, 0.29) is 40.9 Å². The van der Waals surface area contributed by atoms with Gasteiger partial charge in [0.25, 0.3) is 0 Å². The van der Waals surface area contributed by atoms with Crippen LogP contribution >= 0.6 is 0 Å². The van der Waals surface area contributed by atoms with Gasteiger partial charge in [0, 0.05) is 136 Å². The smallest absolute Gasteiger partial charge is 0.337 e. The summed E-state index contributed by atoms with van der Waals surface area (Å²) in [5, 5.41) is 2.42. The number of carbonyl (C=O) groups excluding carboxylic acids is 6. The second kappa shape index (κ2) is 61.5. The number of benzene rings is 4. The maximum atomic E-state index is 14.4. The van der Waals surface area contributed by atoms with E-state index in [0.29, 0.717) is 38.9 Å². The Bertz CT molecular complexity index is 3460. The topological polar surface area (TPSA) is 177 Å². The first kappa shape index (κ1) is 98.5. The van der Waals surface area contributed by atoms with Gasteiger partial charge in [-0.25, -0.2) is 24.0 Å². The molecule has 0 heterocycles. The molecule has 0 aliphatic rings. The van der Waals surface area contributed by atoms with Gasteiger partial charge in [0.15, 0.2) is 34.5 Å². The van der Waals surface area contributed by atoms with Crippen LogP contribution in [0.3, 0.4) is 0 Å². The zero-order valence-electron chi connectivity index (χ0n) is 73.2. The number of fused-ring (bicyclic) bond motifs is 6. The average Bonchev–Trinajstić information content (AvgIpc) is 0.724. The Balaban J connectivity index is 2.07. The van der Waals surface area contributed by atoms with Crippen molar-refractivity contribution in [1.82, 2.24) is 29.4 Å². The van der Waals surface area contributed by atoms with E-state index in [1.54, 1.807) is 67.4 Å². The number of hydrogen-bond donors (Lipinski definition) is 0. The van der Waals surface area contributed by atoms with Gasteiger partial charge in [0.2, 0.25) is 0 Å². The van der Waals surface area contributed by atoms with Crippen molar-refractivity contribution in [2.45, 2.75) is 318 Å². The summed E-state index contributed by atoms with van der Waals surface area (Å²) >= 11 is 0. The maximum absolute atomic E-state index is 14.4. The Hall–Kier alpha value is -7.86. The van der Waals surface area contributed by atoms with Gasteiger partial charge < -0.3 is 57.8 Å². The van der Waals surface area contributed by atoms with Gasteiger partial charge in [0.05, 0.1) is 6.42 Å². The van der Waals surface area contributed by atoms with Crippen LogP contribution in [-0.4, -0.2) is 153 Å². The minimum absolute atomic E-state index is 0.0182. The van der Waals surface area contributed by atoms with E-state index in [9.17, 15) is 28.8 Å². The van der Waals surface area contributed by atoms with Crippen molar-refractivity contribution in [2.24, 2.45) is 0 Å². The van der Waals surface area contributed by atoms with E-state index in [1.807, 2.05) is 66.8 Å². The molecule has 0 fully saturated rings. The highest BCUT2D eigenvalue weighted by Gasteiger charge is 2.25. The molecule has 0 aromatic heterocycles. The molecule has 0 aliphatic carbocycles. The van der Waals surface area contributed by atoms with Crippen LogP contribution in [-0.2, 0) is 28.8 Å². The van der Waals surface area contributed by atoms with Crippen molar-refractivity contribution < 1.29 is 57.2 Å². The number of esters is 6. The molecule has 0 radical (unpaired) electrons. The van der Waals surface area contributed by atoms with E-state index < -0.39 is 35.8 Å². The molecule has 0 saturated carbocycles. The maximum Gasteiger partial charge on any atom is 0.337 e. The summed E-state index contributed by atoms with van der Waals surface area (Å²) in [6.45, 7) is 18.1. The number of hydrogen-bond acceptors (Lipinski definition) is 18. The number of carbonyl (C=O) groups is 6. The molecular weight excluding hydrogens is 1430 g/mol. The van der Waals surface area contributed by atoms with Crippen LogP contribution < -0.4 is 28.4 Å². The highest BCUT2D eigenvalue weighted by Crippen LogP contribution is 2.48. The van der Waals surface area contributed by atoms with Crippen LogP contribution in [0.15, 0.2) is 97.8 Å². The van der Waals surface area contributed by atoms with Crippen LogP contribution in [0.4, 0.5) is 0 Å². The molecule has 0 bridgehead atoms. The fourth-order valence-corrected chi connectivity index (χ4v) is 14.0. The number of ether oxygens (including phenoxy) is 6. The third-order valence-electron chi connectivity index (χ3n) is 21.1. The van der Waals surface area contributed by atoms with Crippen molar-refractivity contribution in [2.75, 3.05) is 88.1 Å². The summed E-state index contributed by atoms with van der Waals surface area (Å²) in [5.41, 5.74) is 0. The van der Waals surface area contributed by atoms with Gasteiger partial charge in [-0.3, -0.25) is 4.79 Å². The highest BCUT2D eigenvalue weighted by atomic mass is 16.6. The first-order chi connectivity index (χ1) is 55.3. The van der Waals surface area contributed by atoms with E-state index in [4.69, 9.17) is 28.4 Å². The zero-order valence-corrected chi connectivity index (χ0v) is 73.2. The molecule has 0 spiro atoms. The molecule has 0 aliphatic heterocycles. The molecule has 0 amide bonds. The Kier molecular flexibility index (Phi) is 53.2. The van der Waals surface area contributed by atoms with Crippen molar-refractivity contribution in [3.8, 4) is 34.5 Å². The largest absolute Gasteiger partial charge is 0.422 e. The lowest BCUT2D eigenvalue weighted by Gasteiger charge is -2.19. The molecule has 18 nitrogen and oxygen atoms in total. The SMILES string of the molecule is CCCCCCCCCN(C)/C=C/C(=O)Oc1cc2c3cc(OC(=O)/C=C/N(C)CCCCCCCCC)c(OC(=O)/C=C/N(C)CCCCCCCCC)cc3c3cc(OC(=O)CCN(C)CCCCCCCCC)c(OC(=O)/C=C/N(C)CCCCCCCCC)cc3c2cc1OC(=O)/C=C/N(C)CCCCCCCCC. The molecule has 4 aromatic carbocycles. The van der Waals surface area contributed by atoms with Crippen molar-refractivity contribution in [3.05, 3.63) is 97.8 Å².